The van der Waals surface area contributed by atoms with E-state index in [1.807, 2.05) is 42.0 Å². The van der Waals surface area contributed by atoms with Crippen LogP contribution in [0.2, 0.25) is 0 Å². The molecule has 1 amide bonds. The molecule has 0 bridgehead atoms. The van der Waals surface area contributed by atoms with Crippen LogP contribution >= 0.6 is 0 Å². The normalized spacial score (nSPS) is 11.0. The fourth-order valence-electron chi connectivity index (χ4n) is 2.72. The Morgan fingerprint density at radius 2 is 2.00 bits per heavy atom. The van der Waals surface area contributed by atoms with Crippen LogP contribution in [0.3, 0.4) is 0 Å². The number of pyridine rings is 1. The molecule has 0 radical (unpaired) electrons. The van der Waals surface area contributed by atoms with Crippen LogP contribution in [0.5, 0.6) is 0 Å². The van der Waals surface area contributed by atoms with Gasteiger partial charge in [-0.3, -0.25) is 4.79 Å². The lowest BCUT2D eigenvalue weighted by molar-refractivity contribution is 0.102. The largest absolute Gasteiger partial charge is 0.336 e. The monoisotopic (exact) mass is 333 g/mol. The van der Waals surface area contributed by atoms with E-state index in [1.54, 1.807) is 25.5 Å². The lowest BCUT2D eigenvalue weighted by Crippen LogP contribution is -2.13. The summed E-state index contributed by atoms with van der Waals surface area (Å²) in [6.45, 7) is 3.60. The Morgan fingerprint density at radius 1 is 1.20 bits per heavy atom. The highest BCUT2D eigenvalue weighted by Crippen LogP contribution is 2.23. The molecule has 0 saturated carbocycles. The van der Waals surface area contributed by atoms with Crippen LogP contribution in [0.15, 0.2) is 53.6 Å². The van der Waals surface area contributed by atoms with Crippen LogP contribution in [0, 0.1) is 13.8 Å². The summed E-state index contributed by atoms with van der Waals surface area (Å²) in [7, 11) is 0. The molecule has 7 heteroatoms. The highest BCUT2D eigenvalue weighted by molar-refractivity contribution is 6.12. The maximum absolute atomic E-state index is 12.7. The Labute approximate surface area is 143 Å². The van der Waals surface area contributed by atoms with Crippen molar-refractivity contribution in [2.24, 2.45) is 0 Å². The van der Waals surface area contributed by atoms with Crippen molar-refractivity contribution in [1.29, 1.82) is 0 Å². The van der Waals surface area contributed by atoms with Gasteiger partial charge in [-0.1, -0.05) is 5.16 Å². The van der Waals surface area contributed by atoms with Gasteiger partial charge in [-0.2, -0.15) is 0 Å². The molecular weight excluding hydrogens is 318 g/mol. The average molecular weight is 333 g/mol. The van der Waals surface area contributed by atoms with Crippen molar-refractivity contribution in [3.63, 3.8) is 0 Å². The maximum Gasteiger partial charge on any atom is 0.258 e. The number of hydrogen-bond donors (Lipinski definition) is 1. The Bertz CT molecular complexity index is 1050. The number of rotatable bonds is 3. The molecule has 0 spiro atoms. The van der Waals surface area contributed by atoms with Crippen LogP contribution in [0.4, 0.5) is 5.69 Å². The number of imidazole rings is 1. The van der Waals surface area contributed by atoms with Gasteiger partial charge in [-0.25, -0.2) is 9.97 Å². The summed E-state index contributed by atoms with van der Waals surface area (Å²) in [6, 6.07) is 9.25. The molecule has 3 aromatic heterocycles. The number of nitrogens with zero attached hydrogens (tertiary/aromatic N) is 4. The highest BCUT2D eigenvalue weighted by Gasteiger charge is 2.17. The number of amides is 1. The van der Waals surface area contributed by atoms with Crippen LogP contribution in [0.25, 0.3) is 16.8 Å². The molecule has 0 aliphatic rings. The quantitative estimate of drug-likeness (QED) is 0.622. The molecule has 0 saturated heterocycles. The molecule has 3 heterocycles. The molecule has 124 valence electrons. The first-order valence-electron chi connectivity index (χ1n) is 7.75. The molecule has 0 aliphatic carbocycles. The van der Waals surface area contributed by atoms with Crippen molar-refractivity contribution >= 4 is 22.7 Å². The van der Waals surface area contributed by atoms with E-state index in [-0.39, 0.29) is 5.91 Å². The fraction of sp³-hybridized carbons (Fsp3) is 0.111. The molecule has 1 aromatic carbocycles. The number of fused-ring (bicyclic) bond motifs is 1. The van der Waals surface area contributed by atoms with Crippen molar-refractivity contribution in [3.05, 3.63) is 66.0 Å². The Hall–Kier alpha value is -3.48. The molecule has 4 rings (SSSR count). The first kappa shape index (κ1) is 15.1. The number of hydrogen-bond acceptors (Lipinski definition) is 5. The minimum atomic E-state index is -0.225. The van der Waals surface area contributed by atoms with E-state index in [1.165, 1.54) is 0 Å². The number of anilines is 1. The average Bonchev–Trinajstić information content (AvgIpc) is 3.25. The molecule has 0 unspecified atom stereocenters. The predicted molar refractivity (Wildman–Crippen MR) is 92.8 cm³/mol. The van der Waals surface area contributed by atoms with Gasteiger partial charge < -0.3 is 14.4 Å². The molecule has 4 aromatic rings. The van der Waals surface area contributed by atoms with Crippen molar-refractivity contribution in [1.82, 2.24) is 19.7 Å². The SMILES string of the molecule is Cc1cc(C(=O)Nc2ccc(-n3ccnc3)cc2)c2c(C)noc2n1. The predicted octanol–water partition coefficient (Wildman–Crippen LogP) is 3.28. The number of aromatic nitrogens is 4. The van der Waals surface area contributed by atoms with Gasteiger partial charge in [0.15, 0.2) is 0 Å². The van der Waals surface area contributed by atoms with Gasteiger partial charge in [0.05, 0.1) is 23.0 Å². The van der Waals surface area contributed by atoms with Gasteiger partial charge in [-0.15, -0.1) is 0 Å². The zero-order valence-corrected chi connectivity index (χ0v) is 13.7. The van der Waals surface area contributed by atoms with Crippen LogP contribution in [0.1, 0.15) is 21.7 Å². The number of benzene rings is 1. The zero-order chi connectivity index (χ0) is 17.4. The van der Waals surface area contributed by atoms with Gasteiger partial charge in [-0.05, 0) is 44.2 Å². The Balaban J connectivity index is 1.63. The molecule has 25 heavy (non-hydrogen) atoms. The van der Waals surface area contributed by atoms with Crippen molar-refractivity contribution in [2.45, 2.75) is 13.8 Å². The summed E-state index contributed by atoms with van der Waals surface area (Å²) in [5, 5.41) is 7.44. The van der Waals surface area contributed by atoms with E-state index < -0.39 is 0 Å². The highest BCUT2D eigenvalue weighted by atomic mass is 16.5. The van der Waals surface area contributed by atoms with Gasteiger partial charge in [0.1, 0.15) is 0 Å². The lowest BCUT2D eigenvalue weighted by Gasteiger charge is -2.08. The van der Waals surface area contributed by atoms with Crippen molar-refractivity contribution in [3.8, 4) is 5.69 Å². The van der Waals surface area contributed by atoms with E-state index in [0.29, 0.717) is 33.7 Å². The third-order valence-electron chi connectivity index (χ3n) is 3.92. The van der Waals surface area contributed by atoms with Gasteiger partial charge in [0.25, 0.3) is 11.6 Å². The summed E-state index contributed by atoms with van der Waals surface area (Å²) in [6.07, 6.45) is 5.30. The lowest BCUT2D eigenvalue weighted by atomic mass is 10.1. The van der Waals surface area contributed by atoms with E-state index in [4.69, 9.17) is 4.52 Å². The number of aryl methyl sites for hydroxylation is 2. The summed E-state index contributed by atoms with van der Waals surface area (Å²) in [5.74, 6) is -0.225. The van der Waals surface area contributed by atoms with Gasteiger partial charge >= 0.3 is 0 Å². The number of nitrogens with one attached hydrogen (secondary N) is 1. The Morgan fingerprint density at radius 3 is 2.72 bits per heavy atom. The minimum absolute atomic E-state index is 0.225. The minimum Gasteiger partial charge on any atom is -0.336 e. The fourth-order valence-corrected chi connectivity index (χ4v) is 2.72. The summed E-state index contributed by atoms with van der Waals surface area (Å²) < 4.78 is 7.07. The Kier molecular flexibility index (Phi) is 3.53. The second-order valence-corrected chi connectivity index (χ2v) is 5.73. The summed E-state index contributed by atoms with van der Waals surface area (Å²) in [4.78, 5) is 21.0. The van der Waals surface area contributed by atoms with Gasteiger partial charge in [0.2, 0.25) is 0 Å². The topological polar surface area (TPSA) is 85.8 Å². The van der Waals surface area contributed by atoms with E-state index in [2.05, 4.69) is 20.4 Å². The molecule has 0 aliphatic heterocycles. The van der Waals surface area contributed by atoms with Crippen molar-refractivity contribution in [2.75, 3.05) is 5.32 Å². The van der Waals surface area contributed by atoms with E-state index in [9.17, 15) is 4.79 Å². The molecule has 0 fully saturated rings. The molecule has 1 N–H and O–H groups in total. The third kappa shape index (κ3) is 2.76. The number of carbonyl (C=O) groups excluding carboxylic acids is 1. The molecule has 7 nitrogen and oxygen atoms in total. The van der Waals surface area contributed by atoms with Crippen LogP contribution in [-0.4, -0.2) is 25.6 Å². The van der Waals surface area contributed by atoms with Crippen LogP contribution < -0.4 is 5.32 Å². The summed E-state index contributed by atoms with van der Waals surface area (Å²) in [5.41, 5.74) is 3.88. The first-order valence-corrected chi connectivity index (χ1v) is 7.75. The third-order valence-corrected chi connectivity index (χ3v) is 3.92. The van der Waals surface area contributed by atoms with Crippen molar-refractivity contribution < 1.29 is 9.32 Å². The molecular formula is C18H15N5O2. The second kappa shape index (κ2) is 5.86. The number of carbonyl (C=O) groups is 1. The van der Waals surface area contributed by atoms with E-state index in [0.717, 1.165) is 5.69 Å². The van der Waals surface area contributed by atoms with Crippen LogP contribution in [-0.2, 0) is 0 Å². The first-order chi connectivity index (χ1) is 12.1. The second-order valence-electron chi connectivity index (χ2n) is 5.73. The smallest absolute Gasteiger partial charge is 0.258 e. The maximum atomic E-state index is 12.7. The van der Waals surface area contributed by atoms with Gasteiger partial charge in [0, 0.05) is 29.5 Å². The zero-order valence-electron chi connectivity index (χ0n) is 13.7. The standard InChI is InChI=1S/C18H15N5O2/c1-11-9-15(16-12(2)22-25-18(16)20-11)17(24)21-13-3-5-14(6-4-13)23-8-7-19-10-23/h3-10H,1-2H3,(H,21,24). The summed E-state index contributed by atoms with van der Waals surface area (Å²) >= 11 is 0. The van der Waals surface area contributed by atoms with E-state index >= 15 is 0 Å². The molecule has 0 atom stereocenters.